The average Bonchev–Trinajstić information content (AvgIpc) is 3.53. The van der Waals surface area contributed by atoms with Gasteiger partial charge in [0.25, 0.3) is 0 Å². The van der Waals surface area contributed by atoms with Crippen molar-refractivity contribution >= 4 is 34.6 Å². The topological polar surface area (TPSA) is 114 Å². The van der Waals surface area contributed by atoms with Crippen molar-refractivity contribution in [1.82, 2.24) is 30.2 Å². The highest BCUT2D eigenvalue weighted by Gasteiger charge is 2.37. The number of aromatic amines is 1. The van der Waals surface area contributed by atoms with Crippen molar-refractivity contribution in [3.05, 3.63) is 59.3 Å². The molecule has 2 saturated heterocycles. The van der Waals surface area contributed by atoms with Crippen LogP contribution >= 0.6 is 0 Å². The molecule has 1 saturated carbocycles. The second-order valence-electron chi connectivity index (χ2n) is 13.3. The number of H-pyrrole nitrogens is 1. The molecule has 232 valence electrons. The predicted molar refractivity (Wildman–Crippen MR) is 169 cm³/mol. The molecule has 2 aromatic carbocycles. The van der Waals surface area contributed by atoms with Crippen molar-refractivity contribution in [1.29, 1.82) is 0 Å². The first kappa shape index (κ1) is 28.7. The van der Waals surface area contributed by atoms with E-state index >= 15 is 0 Å². The third-order valence-corrected chi connectivity index (χ3v) is 10.5. The van der Waals surface area contributed by atoms with Gasteiger partial charge in [-0.25, -0.2) is 9.59 Å². The zero-order chi connectivity index (χ0) is 30.2. The molecular formula is C34H43N7O3. The number of carbonyl (C=O) groups is 3. The minimum atomic E-state index is -0.645. The Morgan fingerprint density at radius 3 is 2.61 bits per heavy atom. The summed E-state index contributed by atoms with van der Waals surface area (Å²) in [5.74, 6) is 1.31. The summed E-state index contributed by atoms with van der Waals surface area (Å²) in [6.07, 6.45) is 9.71. The number of fused-ring (bicyclic) bond motifs is 3. The van der Waals surface area contributed by atoms with Gasteiger partial charge < -0.3 is 25.3 Å². The molecule has 3 atom stereocenters. The first-order chi connectivity index (χ1) is 21.4. The van der Waals surface area contributed by atoms with Crippen molar-refractivity contribution < 1.29 is 14.4 Å². The van der Waals surface area contributed by atoms with Crippen LogP contribution in [-0.4, -0.2) is 81.1 Å². The summed E-state index contributed by atoms with van der Waals surface area (Å²) in [7, 11) is 0. The molecule has 4 heterocycles. The minimum Gasteiger partial charge on any atom is -0.341 e. The number of anilines is 1. The van der Waals surface area contributed by atoms with Crippen LogP contribution in [0, 0.1) is 18.8 Å². The lowest BCUT2D eigenvalue weighted by Crippen LogP contribution is -2.57. The van der Waals surface area contributed by atoms with Gasteiger partial charge in [-0.3, -0.25) is 9.89 Å². The van der Waals surface area contributed by atoms with Crippen LogP contribution in [0.2, 0.25) is 0 Å². The van der Waals surface area contributed by atoms with E-state index in [1.165, 1.54) is 25.7 Å². The van der Waals surface area contributed by atoms with E-state index in [1.807, 2.05) is 45.9 Å². The number of nitrogens with zero attached hydrogens (tertiary/aromatic N) is 4. The number of aryl methyl sites for hydroxylation is 1. The first-order valence-corrected chi connectivity index (χ1v) is 16.4. The largest absolute Gasteiger partial charge is 0.341 e. The van der Waals surface area contributed by atoms with Crippen LogP contribution in [0.5, 0.6) is 0 Å². The van der Waals surface area contributed by atoms with E-state index in [0.717, 1.165) is 58.7 Å². The average molecular weight is 598 g/mol. The molecule has 0 bridgehead atoms. The highest BCUT2D eigenvalue weighted by atomic mass is 16.2. The molecule has 1 aromatic heterocycles. The lowest BCUT2D eigenvalue weighted by molar-refractivity contribution is -0.136. The summed E-state index contributed by atoms with van der Waals surface area (Å²) >= 11 is 0. The number of likely N-dealkylation sites (tertiary alicyclic amines) is 2. The summed E-state index contributed by atoms with van der Waals surface area (Å²) in [6, 6.07) is 11.2. The molecule has 10 nitrogen and oxygen atoms in total. The third-order valence-electron chi connectivity index (χ3n) is 10.5. The standard InChI is InChI=1S/C34H43N7O3/c1-22-16-23(17-27-19-35-38-31(22)27)18-30(32(42)40-13-10-24-6-2-3-7-25(24)20-40)37-33(43)39-14-11-28(12-15-39)41-21-26-8-4-5-9-29(26)36-34(41)44/h4-5,8-9,16-17,19,24-25,28,30H,2-3,6-7,10-15,18,20-21H2,1H3,(H,35,38)(H,36,44)(H,37,43). The summed E-state index contributed by atoms with van der Waals surface area (Å²) in [6.45, 7) is 5.25. The Labute approximate surface area is 258 Å². The van der Waals surface area contributed by atoms with Crippen LogP contribution in [0.3, 0.4) is 0 Å². The molecule has 0 spiro atoms. The van der Waals surface area contributed by atoms with Crippen LogP contribution in [-0.2, 0) is 17.8 Å². The van der Waals surface area contributed by atoms with Crippen molar-refractivity contribution in [2.24, 2.45) is 11.8 Å². The molecule has 3 fully saturated rings. The van der Waals surface area contributed by atoms with Crippen molar-refractivity contribution in [3.63, 3.8) is 0 Å². The highest BCUT2D eigenvalue weighted by Crippen LogP contribution is 2.36. The number of benzene rings is 2. The van der Waals surface area contributed by atoms with Gasteiger partial charge in [-0.05, 0) is 73.3 Å². The van der Waals surface area contributed by atoms with Gasteiger partial charge in [-0.15, -0.1) is 0 Å². The second-order valence-corrected chi connectivity index (χ2v) is 13.3. The zero-order valence-corrected chi connectivity index (χ0v) is 25.6. The number of hydrogen-bond acceptors (Lipinski definition) is 4. The number of piperidine rings is 2. The molecule has 3 aliphatic heterocycles. The van der Waals surface area contributed by atoms with E-state index in [1.54, 1.807) is 6.20 Å². The van der Waals surface area contributed by atoms with Gasteiger partial charge in [0.15, 0.2) is 0 Å². The predicted octanol–water partition coefficient (Wildman–Crippen LogP) is 5.04. The number of rotatable bonds is 5. The Morgan fingerprint density at radius 1 is 1.00 bits per heavy atom. The molecular weight excluding hydrogens is 554 g/mol. The maximum atomic E-state index is 14.1. The number of nitrogens with one attached hydrogen (secondary N) is 3. The van der Waals surface area contributed by atoms with Crippen LogP contribution in [0.1, 0.15) is 61.6 Å². The van der Waals surface area contributed by atoms with Crippen molar-refractivity contribution in [2.75, 3.05) is 31.5 Å². The zero-order valence-electron chi connectivity index (χ0n) is 25.6. The van der Waals surface area contributed by atoms with Gasteiger partial charge in [0, 0.05) is 56.3 Å². The van der Waals surface area contributed by atoms with E-state index in [9.17, 15) is 14.4 Å². The monoisotopic (exact) mass is 597 g/mol. The van der Waals surface area contributed by atoms with Gasteiger partial charge in [0.05, 0.1) is 11.7 Å². The van der Waals surface area contributed by atoms with Crippen LogP contribution in [0.25, 0.3) is 10.9 Å². The number of urea groups is 2. The van der Waals surface area contributed by atoms with Gasteiger partial charge in [0.1, 0.15) is 6.04 Å². The lowest BCUT2D eigenvalue weighted by atomic mass is 9.75. The van der Waals surface area contributed by atoms with Gasteiger partial charge in [-0.1, -0.05) is 43.5 Å². The highest BCUT2D eigenvalue weighted by molar-refractivity contribution is 5.92. The molecule has 3 aromatic rings. The smallest absolute Gasteiger partial charge is 0.322 e. The van der Waals surface area contributed by atoms with E-state index in [4.69, 9.17) is 0 Å². The van der Waals surface area contributed by atoms with Crippen LogP contribution in [0.15, 0.2) is 42.6 Å². The normalized spacial score (nSPS) is 23.1. The fourth-order valence-electron chi connectivity index (χ4n) is 8.03. The fraction of sp³-hybridized carbons (Fsp3) is 0.529. The number of amides is 5. The van der Waals surface area contributed by atoms with Gasteiger partial charge in [-0.2, -0.15) is 5.10 Å². The Morgan fingerprint density at radius 2 is 1.77 bits per heavy atom. The molecule has 5 amide bonds. The summed E-state index contributed by atoms with van der Waals surface area (Å²) in [5.41, 5.74) is 5.05. The van der Waals surface area contributed by atoms with Crippen molar-refractivity contribution in [3.8, 4) is 0 Å². The lowest BCUT2D eigenvalue weighted by Gasteiger charge is -2.43. The van der Waals surface area contributed by atoms with Gasteiger partial charge >= 0.3 is 12.1 Å². The summed E-state index contributed by atoms with van der Waals surface area (Å²) in [4.78, 5) is 46.4. The number of para-hydroxylation sites is 1. The van der Waals surface area contributed by atoms with Crippen LogP contribution in [0.4, 0.5) is 15.3 Å². The molecule has 3 N–H and O–H groups in total. The maximum absolute atomic E-state index is 14.1. The Hall–Kier alpha value is -4.08. The quantitative estimate of drug-likeness (QED) is 0.382. The summed E-state index contributed by atoms with van der Waals surface area (Å²) < 4.78 is 0. The Kier molecular flexibility index (Phi) is 7.91. The number of hydrogen-bond donors (Lipinski definition) is 3. The van der Waals surface area contributed by atoms with E-state index in [-0.39, 0.29) is 24.0 Å². The number of carbonyl (C=O) groups excluding carboxylic acids is 3. The molecule has 0 radical (unpaired) electrons. The van der Waals surface area contributed by atoms with E-state index in [2.05, 4.69) is 33.0 Å². The number of aromatic nitrogens is 2. The maximum Gasteiger partial charge on any atom is 0.322 e. The van der Waals surface area contributed by atoms with Crippen molar-refractivity contribution in [2.45, 2.75) is 76.9 Å². The first-order valence-electron chi connectivity index (χ1n) is 16.4. The molecule has 3 unspecified atom stereocenters. The van der Waals surface area contributed by atoms with Gasteiger partial charge in [0.2, 0.25) is 5.91 Å². The molecule has 44 heavy (non-hydrogen) atoms. The Balaban J connectivity index is 1.03. The minimum absolute atomic E-state index is 0.0193. The summed E-state index contributed by atoms with van der Waals surface area (Å²) in [5, 5.41) is 14.4. The van der Waals surface area contributed by atoms with Crippen LogP contribution < -0.4 is 10.6 Å². The molecule has 4 aliphatic rings. The molecule has 7 rings (SSSR count). The second kappa shape index (κ2) is 12.1. The van der Waals surface area contributed by atoms with E-state index < -0.39 is 6.04 Å². The fourth-order valence-corrected chi connectivity index (χ4v) is 8.03. The molecule has 10 heteroatoms. The SMILES string of the molecule is Cc1cc(CC(NC(=O)N2CCC(N3Cc4ccccc4NC3=O)CC2)C(=O)N2CCC3CCCCC3C2)cc2cn[nH]c12. The van der Waals surface area contributed by atoms with E-state index in [0.29, 0.717) is 44.8 Å². The molecule has 1 aliphatic carbocycles. The Bertz CT molecular complexity index is 1540. The third kappa shape index (κ3) is 5.74.